The van der Waals surface area contributed by atoms with E-state index in [9.17, 15) is 18.0 Å². The molecule has 23 heavy (non-hydrogen) atoms. The molecule has 0 spiro atoms. The molecule has 0 radical (unpaired) electrons. The molecule has 0 saturated heterocycles. The van der Waals surface area contributed by atoms with Gasteiger partial charge in [0.2, 0.25) is 11.8 Å². The monoisotopic (exact) mass is 337 g/mol. The molecule has 0 fully saturated rings. The molecule has 2 aromatic rings. The van der Waals surface area contributed by atoms with Crippen molar-refractivity contribution in [3.63, 3.8) is 0 Å². The maximum atomic E-state index is 11.9. The molecule has 0 aliphatic rings. The summed E-state index contributed by atoms with van der Waals surface area (Å²) >= 11 is 0. The topological polar surface area (TPSA) is 123 Å². The van der Waals surface area contributed by atoms with Gasteiger partial charge in [-0.25, -0.2) is 17.8 Å². The van der Waals surface area contributed by atoms with Crippen LogP contribution in [0.3, 0.4) is 0 Å². The van der Waals surface area contributed by atoms with Crippen molar-refractivity contribution >= 4 is 27.5 Å². The fourth-order valence-electron chi connectivity index (χ4n) is 1.77. The second-order valence-corrected chi connectivity index (χ2v) is 6.45. The molecule has 122 valence electrons. The lowest BCUT2D eigenvalue weighted by Crippen LogP contribution is -2.28. The van der Waals surface area contributed by atoms with Crippen LogP contribution in [-0.2, 0) is 26.2 Å². The summed E-state index contributed by atoms with van der Waals surface area (Å²) in [4.78, 5) is 22.7. The number of anilines is 1. The van der Waals surface area contributed by atoms with Crippen LogP contribution >= 0.6 is 0 Å². The van der Waals surface area contributed by atoms with E-state index in [1.807, 2.05) is 4.72 Å². The molecule has 1 aromatic carbocycles. The number of rotatable bonds is 5. The predicted octanol–water partition coefficient (Wildman–Crippen LogP) is 0.0500. The molecule has 1 heterocycles. The van der Waals surface area contributed by atoms with Gasteiger partial charge in [-0.2, -0.15) is 0 Å². The molecule has 0 saturated carbocycles. The molecular weight excluding hydrogens is 322 g/mol. The van der Waals surface area contributed by atoms with E-state index in [4.69, 9.17) is 0 Å². The van der Waals surface area contributed by atoms with Gasteiger partial charge in [-0.1, -0.05) is 5.21 Å². The third-order valence-electron chi connectivity index (χ3n) is 2.83. The number of aromatic nitrogens is 3. The second-order valence-electron chi connectivity index (χ2n) is 4.77. The Kier molecular flexibility index (Phi) is 4.74. The first kappa shape index (κ1) is 16.6. The standard InChI is InChI=1S/C13H15N5O4S/c1-9-7-14-17-18(9)8-13(20)15-11-3-5-12(6-4-11)23(21,22)16-10(2)19/h3-7H,8H2,1-2H3,(H,15,20)(H,16,19). The van der Waals surface area contributed by atoms with Gasteiger partial charge < -0.3 is 5.32 Å². The highest BCUT2D eigenvalue weighted by Gasteiger charge is 2.15. The van der Waals surface area contributed by atoms with E-state index in [1.54, 1.807) is 6.92 Å². The van der Waals surface area contributed by atoms with Crippen LogP contribution in [0.1, 0.15) is 12.6 Å². The van der Waals surface area contributed by atoms with Crippen LogP contribution in [0.5, 0.6) is 0 Å². The molecule has 10 heteroatoms. The first-order chi connectivity index (χ1) is 10.8. The Bertz CT molecular complexity index is 826. The van der Waals surface area contributed by atoms with E-state index in [0.717, 1.165) is 12.6 Å². The number of carbonyl (C=O) groups is 2. The highest BCUT2D eigenvalue weighted by Crippen LogP contribution is 2.14. The second kappa shape index (κ2) is 6.57. The molecule has 0 bridgehead atoms. The Balaban J connectivity index is 2.04. The van der Waals surface area contributed by atoms with E-state index >= 15 is 0 Å². The molecule has 1 aromatic heterocycles. The Hall–Kier alpha value is -2.75. The first-order valence-electron chi connectivity index (χ1n) is 6.56. The molecule has 0 atom stereocenters. The lowest BCUT2D eigenvalue weighted by Gasteiger charge is -2.08. The summed E-state index contributed by atoms with van der Waals surface area (Å²) < 4.78 is 26.9. The maximum absolute atomic E-state index is 11.9. The van der Waals surface area contributed by atoms with E-state index in [2.05, 4.69) is 15.6 Å². The van der Waals surface area contributed by atoms with Crippen molar-refractivity contribution in [1.29, 1.82) is 0 Å². The lowest BCUT2D eigenvalue weighted by atomic mass is 10.3. The number of aryl methyl sites for hydroxylation is 1. The number of nitrogens with one attached hydrogen (secondary N) is 2. The van der Waals surface area contributed by atoms with Crippen molar-refractivity contribution in [2.24, 2.45) is 0 Å². The van der Waals surface area contributed by atoms with Crippen molar-refractivity contribution in [2.75, 3.05) is 5.32 Å². The van der Waals surface area contributed by atoms with Crippen molar-refractivity contribution in [3.8, 4) is 0 Å². The van der Waals surface area contributed by atoms with Crippen LogP contribution in [0.2, 0.25) is 0 Å². The van der Waals surface area contributed by atoms with Gasteiger partial charge in [0.1, 0.15) is 6.54 Å². The molecule has 2 rings (SSSR count). The van der Waals surface area contributed by atoms with E-state index in [1.165, 1.54) is 35.1 Å². The number of hydrogen-bond donors (Lipinski definition) is 2. The Morgan fingerprint density at radius 2 is 1.87 bits per heavy atom. The summed E-state index contributed by atoms with van der Waals surface area (Å²) in [5.41, 5.74) is 1.17. The zero-order valence-corrected chi connectivity index (χ0v) is 13.3. The first-order valence-corrected chi connectivity index (χ1v) is 8.04. The van der Waals surface area contributed by atoms with Crippen LogP contribution in [0.15, 0.2) is 35.4 Å². The van der Waals surface area contributed by atoms with Crippen LogP contribution < -0.4 is 10.0 Å². The molecule has 2 amide bonds. The number of benzene rings is 1. The van der Waals surface area contributed by atoms with Crippen LogP contribution in [0.4, 0.5) is 5.69 Å². The highest BCUT2D eigenvalue weighted by molar-refractivity contribution is 7.90. The van der Waals surface area contributed by atoms with Gasteiger partial charge in [0.15, 0.2) is 0 Å². The minimum Gasteiger partial charge on any atom is -0.324 e. The number of carbonyl (C=O) groups excluding carboxylic acids is 2. The Labute approximate surface area is 132 Å². The number of amides is 2. The summed E-state index contributed by atoms with van der Waals surface area (Å²) in [5.74, 6) is -0.998. The van der Waals surface area contributed by atoms with Gasteiger partial charge in [0, 0.05) is 12.6 Å². The van der Waals surface area contributed by atoms with E-state index in [0.29, 0.717) is 5.69 Å². The van der Waals surface area contributed by atoms with Crippen molar-refractivity contribution in [3.05, 3.63) is 36.2 Å². The van der Waals surface area contributed by atoms with Crippen LogP contribution in [-0.4, -0.2) is 35.2 Å². The summed E-state index contributed by atoms with van der Waals surface area (Å²) in [5, 5.41) is 10.1. The smallest absolute Gasteiger partial charge is 0.264 e. The summed E-state index contributed by atoms with van der Waals surface area (Å²) in [6, 6.07) is 5.45. The summed E-state index contributed by atoms with van der Waals surface area (Å²) in [6.45, 7) is 2.88. The van der Waals surface area contributed by atoms with E-state index < -0.39 is 15.9 Å². The molecule has 9 nitrogen and oxygen atoms in total. The molecular formula is C13H15N5O4S. The molecule has 0 aliphatic carbocycles. The largest absolute Gasteiger partial charge is 0.324 e. The van der Waals surface area contributed by atoms with Crippen molar-refractivity contribution in [2.45, 2.75) is 25.3 Å². The maximum Gasteiger partial charge on any atom is 0.264 e. The quantitative estimate of drug-likeness (QED) is 0.795. The average Bonchev–Trinajstić information content (AvgIpc) is 2.83. The Morgan fingerprint density at radius 1 is 1.22 bits per heavy atom. The number of nitrogens with zero attached hydrogens (tertiary/aromatic N) is 3. The fourth-order valence-corrected chi connectivity index (χ4v) is 2.76. The average molecular weight is 337 g/mol. The normalized spacial score (nSPS) is 11.0. The zero-order valence-electron chi connectivity index (χ0n) is 12.5. The number of sulfonamides is 1. The third kappa shape index (κ3) is 4.36. The lowest BCUT2D eigenvalue weighted by molar-refractivity contribution is -0.118. The molecule has 2 N–H and O–H groups in total. The van der Waals surface area contributed by atoms with Crippen LogP contribution in [0, 0.1) is 6.92 Å². The van der Waals surface area contributed by atoms with Gasteiger partial charge >= 0.3 is 0 Å². The van der Waals surface area contributed by atoms with Gasteiger partial charge in [-0.05, 0) is 31.2 Å². The minimum atomic E-state index is -3.89. The fraction of sp³-hybridized carbons (Fsp3) is 0.231. The molecule has 0 unspecified atom stereocenters. The zero-order chi connectivity index (χ0) is 17.0. The van der Waals surface area contributed by atoms with E-state index in [-0.39, 0.29) is 17.3 Å². The number of hydrogen-bond acceptors (Lipinski definition) is 6. The summed E-state index contributed by atoms with van der Waals surface area (Å²) in [7, 11) is -3.89. The highest BCUT2D eigenvalue weighted by atomic mass is 32.2. The molecule has 0 aliphatic heterocycles. The SMILES string of the molecule is CC(=O)NS(=O)(=O)c1ccc(NC(=O)Cn2nncc2C)cc1. The minimum absolute atomic E-state index is 0.00221. The van der Waals surface area contributed by atoms with Crippen LogP contribution in [0.25, 0.3) is 0 Å². The van der Waals surface area contributed by atoms with Gasteiger partial charge in [0.05, 0.1) is 16.8 Å². The third-order valence-corrected chi connectivity index (χ3v) is 4.28. The van der Waals surface area contributed by atoms with Gasteiger partial charge in [0.25, 0.3) is 10.0 Å². The Morgan fingerprint density at radius 3 is 2.39 bits per heavy atom. The van der Waals surface area contributed by atoms with Gasteiger partial charge in [-0.3, -0.25) is 9.59 Å². The van der Waals surface area contributed by atoms with Gasteiger partial charge in [-0.15, -0.1) is 5.10 Å². The predicted molar refractivity (Wildman–Crippen MR) is 80.8 cm³/mol. The summed E-state index contributed by atoms with van der Waals surface area (Å²) in [6.07, 6.45) is 1.54. The van der Waals surface area contributed by atoms with Crippen molar-refractivity contribution < 1.29 is 18.0 Å². The van der Waals surface area contributed by atoms with Crippen molar-refractivity contribution in [1.82, 2.24) is 19.7 Å².